The van der Waals surface area contributed by atoms with Gasteiger partial charge in [-0.3, -0.25) is 0 Å². The molecule has 21 heavy (non-hydrogen) atoms. The zero-order chi connectivity index (χ0) is 15.4. The molecule has 3 N–H and O–H groups in total. The second-order valence-corrected chi connectivity index (χ2v) is 5.42. The van der Waals surface area contributed by atoms with Crippen molar-refractivity contribution in [1.82, 2.24) is 9.97 Å². The molecular weight excluding hydrogens is 264 g/mol. The smallest absolute Gasteiger partial charge is 0.168 e. The third kappa shape index (κ3) is 3.92. The molecule has 1 heterocycles. The molecular formula is C16H22N4O. The van der Waals surface area contributed by atoms with Gasteiger partial charge in [0.15, 0.2) is 5.82 Å². The highest BCUT2D eigenvalue weighted by atomic mass is 16.5. The normalized spacial score (nSPS) is 10.8. The van der Waals surface area contributed by atoms with Gasteiger partial charge >= 0.3 is 0 Å². The first-order valence-corrected chi connectivity index (χ1v) is 7.04. The van der Waals surface area contributed by atoms with Crippen LogP contribution in [0.5, 0.6) is 5.75 Å². The molecule has 0 fully saturated rings. The van der Waals surface area contributed by atoms with Gasteiger partial charge in [0.05, 0.1) is 0 Å². The van der Waals surface area contributed by atoms with Gasteiger partial charge in [-0.2, -0.15) is 0 Å². The number of hydrazine groups is 1. The number of anilines is 1. The first kappa shape index (κ1) is 15.3. The highest BCUT2D eigenvalue weighted by Crippen LogP contribution is 2.24. The van der Waals surface area contributed by atoms with Gasteiger partial charge in [0.25, 0.3) is 0 Å². The van der Waals surface area contributed by atoms with Crippen LogP contribution < -0.4 is 16.0 Å². The molecule has 0 bridgehead atoms. The van der Waals surface area contributed by atoms with E-state index in [1.54, 1.807) is 6.07 Å². The Morgan fingerprint density at radius 2 is 1.95 bits per heavy atom. The quantitative estimate of drug-likeness (QED) is 0.652. The lowest BCUT2D eigenvalue weighted by atomic mass is 10.0. The van der Waals surface area contributed by atoms with E-state index in [1.165, 1.54) is 5.56 Å². The molecule has 0 aliphatic carbocycles. The summed E-state index contributed by atoms with van der Waals surface area (Å²) in [7, 11) is 0. The average molecular weight is 286 g/mol. The van der Waals surface area contributed by atoms with E-state index < -0.39 is 0 Å². The van der Waals surface area contributed by atoms with E-state index in [4.69, 9.17) is 10.6 Å². The number of nitrogens with two attached hydrogens (primary N) is 1. The van der Waals surface area contributed by atoms with Crippen LogP contribution >= 0.6 is 0 Å². The van der Waals surface area contributed by atoms with Crippen molar-refractivity contribution in [3.63, 3.8) is 0 Å². The molecule has 0 spiro atoms. The van der Waals surface area contributed by atoms with Crippen LogP contribution in [0.15, 0.2) is 24.3 Å². The fraction of sp³-hybridized carbons (Fsp3) is 0.375. The second kappa shape index (κ2) is 6.54. The van der Waals surface area contributed by atoms with Gasteiger partial charge in [0.2, 0.25) is 0 Å². The summed E-state index contributed by atoms with van der Waals surface area (Å²) in [6.07, 6.45) is 0. The summed E-state index contributed by atoms with van der Waals surface area (Å²) in [5, 5.41) is 0. The number of rotatable bonds is 5. The molecule has 5 nitrogen and oxygen atoms in total. The molecule has 0 saturated heterocycles. The Morgan fingerprint density at radius 1 is 1.19 bits per heavy atom. The van der Waals surface area contributed by atoms with Gasteiger partial charge in [0.1, 0.15) is 18.2 Å². The van der Waals surface area contributed by atoms with Crippen LogP contribution in [0.4, 0.5) is 5.82 Å². The number of nitrogen functional groups attached to an aromatic ring is 1. The summed E-state index contributed by atoms with van der Waals surface area (Å²) in [5.74, 6) is 7.93. The number of aromatic nitrogens is 2. The fourth-order valence-electron chi connectivity index (χ4n) is 2.04. The number of hydrogen-bond acceptors (Lipinski definition) is 5. The minimum absolute atomic E-state index is 0.318. The highest BCUT2D eigenvalue weighted by molar-refractivity contribution is 5.38. The van der Waals surface area contributed by atoms with Gasteiger partial charge in [0, 0.05) is 11.8 Å². The number of benzene rings is 1. The van der Waals surface area contributed by atoms with Crippen molar-refractivity contribution < 1.29 is 4.74 Å². The van der Waals surface area contributed by atoms with Crippen molar-refractivity contribution in [1.29, 1.82) is 0 Å². The maximum Gasteiger partial charge on any atom is 0.168 e. The predicted molar refractivity (Wildman–Crippen MR) is 84.2 cm³/mol. The first-order valence-electron chi connectivity index (χ1n) is 7.04. The zero-order valence-electron chi connectivity index (χ0n) is 13.0. The van der Waals surface area contributed by atoms with Crippen LogP contribution in [0, 0.1) is 13.8 Å². The lowest BCUT2D eigenvalue weighted by Gasteiger charge is -2.13. The topological polar surface area (TPSA) is 73.1 Å². The van der Waals surface area contributed by atoms with Crippen LogP contribution in [0.2, 0.25) is 0 Å². The lowest BCUT2D eigenvalue weighted by molar-refractivity contribution is 0.293. The van der Waals surface area contributed by atoms with Crippen molar-refractivity contribution >= 4 is 5.82 Å². The largest absolute Gasteiger partial charge is 0.485 e. The molecule has 0 radical (unpaired) electrons. The molecule has 2 rings (SSSR count). The zero-order valence-corrected chi connectivity index (χ0v) is 13.0. The Balaban J connectivity index is 2.16. The number of nitrogens with zero attached hydrogens (tertiary/aromatic N) is 2. The minimum Gasteiger partial charge on any atom is -0.485 e. The average Bonchev–Trinajstić information content (AvgIpc) is 2.45. The van der Waals surface area contributed by atoms with Crippen LogP contribution in [0.3, 0.4) is 0 Å². The Morgan fingerprint density at radius 3 is 2.62 bits per heavy atom. The van der Waals surface area contributed by atoms with E-state index in [-0.39, 0.29) is 0 Å². The Labute approximate surface area is 125 Å². The molecule has 0 unspecified atom stereocenters. The van der Waals surface area contributed by atoms with Gasteiger partial charge in [-0.1, -0.05) is 26.0 Å². The molecule has 5 heteroatoms. The third-order valence-corrected chi connectivity index (χ3v) is 3.28. The van der Waals surface area contributed by atoms with E-state index in [0.29, 0.717) is 24.2 Å². The minimum atomic E-state index is 0.318. The summed E-state index contributed by atoms with van der Waals surface area (Å²) in [4.78, 5) is 8.63. The van der Waals surface area contributed by atoms with Crippen LogP contribution in [-0.2, 0) is 6.61 Å². The number of hydrogen-bond donors (Lipinski definition) is 2. The van der Waals surface area contributed by atoms with E-state index >= 15 is 0 Å². The maximum absolute atomic E-state index is 5.87. The van der Waals surface area contributed by atoms with E-state index in [2.05, 4.69) is 47.4 Å². The van der Waals surface area contributed by atoms with E-state index in [0.717, 1.165) is 17.0 Å². The summed E-state index contributed by atoms with van der Waals surface area (Å²) in [5.41, 5.74) is 5.74. The summed E-state index contributed by atoms with van der Waals surface area (Å²) in [6, 6.07) is 8.08. The molecule has 1 aromatic heterocycles. The van der Waals surface area contributed by atoms with Crippen LogP contribution in [-0.4, -0.2) is 9.97 Å². The van der Waals surface area contributed by atoms with Crippen molar-refractivity contribution in [2.45, 2.75) is 40.2 Å². The summed E-state index contributed by atoms with van der Waals surface area (Å²) < 4.78 is 5.87. The molecule has 2 aromatic rings. The molecule has 112 valence electrons. The monoisotopic (exact) mass is 286 g/mol. The molecule has 0 amide bonds. The second-order valence-electron chi connectivity index (χ2n) is 5.42. The van der Waals surface area contributed by atoms with Gasteiger partial charge < -0.3 is 10.2 Å². The van der Waals surface area contributed by atoms with E-state index in [9.17, 15) is 0 Å². The van der Waals surface area contributed by atoms with Crippen molar-refractivity contribution in [2.24, 2.45) is 5.84 Å². The standard InChI is InChI=1S/C16H22N4O/c1-10(2)13-6-5-11(3)14(8-13)21-9-16-18-12(4)7-15(19-16)20-17/h5-8,10H,9,17H2,1-4H3,(H,18,19,20). The first-order chi connectivity index (χ1) is 9.99. The maximum atomic E-state index is 5.87. The Bertz CT molecular complexity index is 626. The highest BCUT2D eigenvalue weighted by Gasteiger charge is 2.07. The lowest BCUT2D eigenvalue weighted by Crippen LogP contribution is -2.12. The fourth-order valence-corrected chi connectivity index (χ4v) is 2.04. The predicted octanol–water partition coefficient (Wildman–Crippen LogP) is 3.08. The molecule has 0 aliphatic heterocycles. The van der Waals surface area contributed by atoms with Gasteiger partial charge in [-0.25, -0.2) is 15.8 Å². The number of aryl methyl sites for hydroxylation is 2. The molecule has 0 atom stereocenters. The van der Waals surface area contributed by atoms with Crippen molar-refractivity contribution in [3.8, 4) is 5.75 Å². The van der Waals surface area contributed by atoms with Crippen LogP contribution in [0.1, 0.15) is 42.4 Å². The number of nitrogens with one attached hydrogen (secondary N) is 1. The third-order valence-electron chi connectivity index (χ3n) is 3.28. The summed E-state index contributed by atoms with van der Waals surface area (Å²) >= 11 is 0. The molecule has 0 aliphatic rings. The molecule has 1 aromatic carbocycles. The Kier molecular flexibility index (Phi) is 4.75. The van der Waals surface area contributed by atoms with Crippen molar-refractivity contribution in [2.75, 3.05) is 5.43 Å². The Hall–Kier alpha value is -2.14. The van der Waals surface area contributed by atoms with Gasteiger partial charge in [-0.05, 0) is 37.0 Å². The molecule has 0 saturated carbocycles. The SMILES string of the molecule is Cc1cc(NN)nc(COc2cc(C(C)C)ccc2C)n1. The summed E-state index contributed by atoms with van der Waals surface area (Å²) in [6.45, 7) is 8.58. The number of ether oxygens (including phenoxy) is 1. The van der Waals surface area contributed by atoms with E-state index in [1.807, 2.05) is 13.8 Å². The van der Waals surface area contributed by atoms with Crippen LogP contribution in [0.25, 0.3) is 0 Å². The van der Waals surface area contributed by atoms with Crippen molar-refractivity contribution in [3.05, 3.63) is 46.9 Å². The van der Waals surface area contributed by atoms with Gasteiger partial charge in [-0.15, -0.1) is 0 Å².